The van der Waals surface area contributed by atoms with Crippen LogP contribution in [0, 0.1) is 13.8 Å². The van der Waals surface area contributed by atoms with E-state index in [9.17, 15) is 0 Å². The van der Waals surface area contributed by atoms with Crippen LogP contribution in [0.3, 0.4) is 0 Å². The Morgan fingerprint density at radius 1 is 1.16 bits per heavy atom. The van der Waals surface area contributed by atoms with Gasteiger partial charge in [-0.1, -0.05) is 17.7 Å². The molecular weight excluding hydrogens is 262 g/mol. The van der Waals surface area contributed by atoms with E-state index in [2.05, 4.69) is 46.4 Å². The minimum Gasteiger partial charge on any atom is -0.340 e. The maximum absolute atomic E-state index is 5.97. The quantitative estimate of drug-likeness (QED) is 0.729. The van der Waals surface area contributed by atoms with Gasteiger partial charge < -0.3 is 5.32 Å². The zero-order chi connectivity index (χ0) is 13.4. The van der Waals surface area contributed by atoms with Gasteiger partial charge in [-0.2, -0.15) is 19.6 Å². The van der Waals surface area contributed by atoms with Gasteiger partial charge in [0.15, 0.2) is 0 Å². The third-order valence-electron chi connectivity index (χ3n) is 3.00. The second-order valence-electron chi connectivity index (χ2n) is 4.36. The van der Waals surface area contributed by atoms with Gasteiger partial charge in [-0.25, -0.2) is 0 Å². The van der Waals surface area contributed by atoms with E-state index in [4.69, 9.17) is 11.6 Å². The van der Waals surface area contributed by atoms with E-state index < -0.39 is 0 Å². The maximum Gasteiger partial charge on any atom is 0.255 e. The summed E-state index contributed by atoms with van der Waals surface area (Å²) in [4.78, 5) is 8.11. The maximum atomic E-state index is 5.97. The molecule has 2 heterocycles. The highest BCUT2D eigenvalue weighted by molar-refractivity contribution is 6.29. The van der Waals surface area contributed by atoms with Crippen LogP contribution in [-0.2, 0) is 0 Å². The number of aryl methyl sites for hydroxylation is 2. The van der Waals surface area contributed by atoms with Gasteiger partial charge in [0.25, 0.3) is 5.78 Å². The van der Waals surface area contributed by atoms with Crippen molar-refractivity contribution >= 4 is 28.9 Å². The Morgan fingerprint density at radius 3 is 2.79 bits per heavy atom. The first kappa shape index (κ1) is 11.9. The number of aromatic nitrogens is 4. The number of halogens is 1. The van der Waals surface area contributed by atoms with E-state index in [1.54, 1.807) is 10.6 Å². The number of hydrogen-bond donors (Lipinski definition) is 1. The van der Waals surface area contributed by atoms with Crippen molar-refractivity contribution in [2.24, 2.45) is 0 Å². The average Bonchev–Trinajstić information content (AvgIpc) is 2.82. The van der Waals surface area contributed by atoms with Crippen molar-refractivity contribution in [2.75, 3.05) is 5.32 Å². The van der Waals surface area contributed by atoms with Crippen LogP contribution >= 0.6 is 11.6 Å². The van der Waals surface area contributed by atoms with Crippen molar-refractivity contribution < 1.29 is 0 Å². The Kier molecular flexibility index (Phi) is 2.83. The molecule has 2 aromatic heterocycles. The van der Waals surface area contributed by atoms with Crippen LogP contribution in [-0.4, -0.2) is 19.6 Å². The third kappa shape index (κ3) is 2.24. The number of fused-ring (bicyclic) bond motifs is 1. The SMILES string of the molecule is Cc1ccc(Nc2cc(Cl)nc3ncnn23)cc1C. The fourth-order valence-corrected chi connectivity index (χ4v) is 2.02. The van der Waals surface area contributed by atoms with Gasteiger partial charge in [0, 0.05) is 11.8 Å². The van der Waals surface area contributed by atoms with Crippen molar-refractivity contribution in [1.29, 1.82) is 0 Å². The van der Waals surface area contributed by atoms with Crippen LogP contribution in [0.15, 0.2) is 30.6 Å². The van der Waals surface area contributed by atoms with Crippen LogP contribution < -0.4 is 5.32 Å². The molecule has 0 unspecified atom stereocenters. The number of benzene rings is 1. The smallest absolute Gasteiger partial charge is 0.255 e. The fourth-order valence-electron chi connectivity index (χ4n) is 1.84. The van der Waals surface area contributed by atoms with Crippen molar-refractivity contribution in [3.8, 4) is 0 Å². The number of rotatable bonds is 2. The molecule has 3 rings (SSSR count). The molecule has 0 amide bonds. The summed E-state index contributed by atoms with van der Waals surface area (Å²) in [7, 11) is 0. The van der Waals surface area contributed by atoms with Crippen molar-refractivity contribution in [3.63, 3.8) is 0 Å². The van der Waals surface area contributed by atoms with Crippen LogP contribution in [0.2, 0.25) is 5.15 Å². The summed E-state index contributed by atoms with van der Waals surface area (Å²) >= 11 is 5.97. The van der Waals surface area contributed by atoms with E-state index in [-0.39, 0.29) is 0 Å². The normalized spacial score (nSPS) is 10.9. The predicted molar refractivity (Wildman–Crippen MR) is 75.0 cm³/mol. The molecule has 0 saturated heterocycles. The van der Waals surface area contributed by atoms with Gasteiger partial charge in [-0.15, -0.1) is 0 Å². The Morgan fingerprint density at radius 2 is 2.00 bits per heavy atom. The molecule has 6 heteroatoms. The van der Waals surface area contributed by atoms with Crippen molar-refractivity contribution in [3.05, 3.63) is 46.9 Å². The minimum absolute atomic E-state index is 0.381. The largest absolute Gasteiger partial charge is 0.340 e. The molecule has 0 aliphatic rings. The number of nitrogens with one attached hydrogen (secondary N) is 1. The molecule has 0 atom stereocenters. The summed E-state index contributed by atoms with van der Waals surface area (Å²) in [5, 5.41) is 7.78. The Hall–Kier alpha value is -2.14. The summed E-state index contributed by atoms with van der Waals surface area (Å²) in [6, 6.07) is 7.88. The standard InChI is InChI=1S/C13H12ClN5/c1-8-3-4-10(5-9(8)2)17-12-6-11(14)18-13-15-7-16-19(12)13/h3-7,17H,1-2H3. The Bertz CT molecular complexity index is 750. The summed E-state index contributed by atoms with van der Waals surface area (Å²) in [5.74, 6) is 1.20. The molecule has 3 aromatic rings. The van der Waals surface area contributed by atoms with Crippen LogP contribution in [0.5, 0.6) is 0 Å². The first-order valence-electron chi connectivity index (χ1n) is 5.84. The van der Waals surface area contributed by atoms with E-state index in [1.165, 1.54) is 17.5 Å². The molecular formula is C13H12ClN5. The summed E-state index contributed by atoms with van der Waals surface area (Å²) in [6.07, 6.45) is 1.45. The average molecular weight is 274 g/mol. The molecule has 96 valence electrons. The topological polar surface area (TPSA) is 55.1 Å². The van der Waals surface area contributed by atoms with Crippen LogP contribution in [0.25, 0.3) is 5.78 Å². The van der Waals surface area contributed by atoms with Gasteiger partial charge in [0.2, 0.25) is 0 Å². The van der Waals surface area contributed by atoms with E-state index >= 15 is 0 Å². The highest BCUT2D eigenvalue weighted by atomic mass is 35.5. The molecule has 0 bridgehead atoms. The van der Waals surface area contributed by atoms with E-state index in [0.717, 1.165) is 11.5 Å². The minimum atomic E-state index is 0.381. The number of hydrogen-bond acceptors (Lipinski definition) is 4. The molecule has 5 nitrogen and oxygen atoms in total. The highest BCUT2D eigenvalue weighted by Gasteiger charge is 2.07. The monoisotopic (exact) mass is 273 g/mol. The highest BCUT2D eigenvalue weighted by Crippen LogP contribution is 2.21. The molecule has 0 radical (unpaired) electrons. The molecule has 0 spiro atoms. The molecule has 19 heavy (non-hydrogen) atoms. The molecule has 0 aliphatic carbocycles. The first-order valence-corrected chi connectivity index (χ1v) is 6.22. The summed E-state index contributed by atoms with van der Waals surface area (Å²) < 4.78 is 1.61. The first-order chi connectivity index (χ1) is 9.13. The van der Waals surface area contributed by atoms with E-state index in [0.29, 0.717) is 10.9 Å². The fraction of sp³-hybridized carbons (Fsp3) is 0.154. The summed E-state index contributed by atoms with van der Waals surface area (Å²) in [6.45, 7) is 4.16. The van der Waals surface area contributed by atoms with Gasteiger partial charge in [-0.3, -0.25) is 0 Å². The lowest BCUT2D eigenvalue weighted by atomic mass is 10.1. The lowest BCUT2D eigenvalue weighted by Gasteiger charge is -2.09. The van der Waals surface area contributed by atoms with Crippen LogP contribution in [0.1, 0.15) is 11.1 Å². The van der Waals surface area contributed by atoms with Gasteiger partial charge in [0.1, 0.15) is 17.3 Å². The molecule has 0 aliphatic heterocycles. The Labute approximate surface area is 115 Å². The number of nitrogens with zero attached hydrogens (tertiary/aromatic N) is 4. The zero-order valence-corrected chi connectivity index (χ0v) is 11.3. The summed E-state index contributed by atoms with van der Waals surface area (Å²) in [5.41, 5.74) is 3.45. The van der Waals surface area contributed by atoms with Crippen LogP contribution in [0.4, 0.5) is 11.5 Å². The second kappa shape index (κ2) is 4.51. The third-order valence-corrected chi connectivity index (χ3v) is 3.19. The lowest BCUT2D eigenvalue weighted by molar-refractivity contribution is 0.947. The molecule has 1 aromatic carbocycles. The van der Waals surface area contributed by atoms with Gasteiger partial charge in [0.05, 0.1) is 0 Å². The second-order valence-corrected chi connectivity index (χ2v) is 4.75. The van der Waals surface area contributed by atoms with Crippen molar-refractivity contribution in [1.82, 2.24) is 19.6 Å². The lowest BCUT2D eigenvalue weighted by Crippen LogP contribution is -2.01. The predicted octanol–water partition coefficient (Wildman–Crippen LogP) is 3.14. The van der Waals surface area contributed by atoms with Gasteiger partial charge in [-0.05, 0) is 37.1 Å². The number of anilines is 2. The molecule has 0 fully saturated rings. The molecule has 1 N–H and O–H groups in total. The van der Waals surface area contributed by atoms with Gasteiger partial charge >= 0.3 is 0 Å². The van der Waals surface area contributed by atoms with Crippen molar-refractivity contribution in [2.45, 2.75) is 13.8 Å². The Balaban J connectivity index is 2.04. The van der Waals surface area contributed by atoms with E-state index in [1.807, 2.05) is 6.07 Å². The zero-order valence-electron chi connectivity index (χ0n) is 10.6. The molecule has 0 saturated carbocycles.